The first-order chi connectivity index (χ1) is 11.4. The molecule has 3 rings (SSSR count). The Hall–Kier alpha value is -3.36. The predicted molar refractivity (Wildman–Crippen MR) is 81.4 cm³/mol. The standard InChI is InChI=1S/C15H10F2N4O3/c16-10-2-4-13(12(17)5-10)19-15(22)8-20-14-6-11(21(23)24)3-1-9(14)7-18-20/h1-7H,8H2,(H,19,22). The van der Waals surface area contributed by atoms with Crippen LogP contribution in [0.25, 0.3) is 10.9 Å². The van der Waals surface area contributed by atoms with Gasteiger partial charge in [0.2, 0.25) is 5.91 Å². The largest absolute Gasteiger partial charge is 0.322 e. The predicted octanol–water partition coefficient (Wildman–Crippen LogP) is 2.86. The van der Waals surface area contributed by atoms with Crippen LogP contribution in [-0.2, 0) is 11.3 Å². The van der Waals surface area contributed by atoms with Gasteiger partial charge in [0.25, 0.3) is 5.69 Å². The van der Waals surface area contributed by atoms with E-state index in [-0.39, 0.29) is 17.9 Å². The Balaban J connectivity index is 1.82. The number of halogens is 2. The summed E-state index contributed by atoms with van der Waals surface area (Å²) < 4.78 is 27.6. The van der Waals surface area contributed by atoms with Gasteiger partial charge in [-0.3, -0.25) is 19.6 Å². The first-order valence-corrected chi connectivity index (χ1v) is 6.79. The summed E-state index contributed by atoms with van der Waals surface area (Å²) in [5.41, 5.74) is 0.108. The fourth-order valence-electron chi connectivity index (χ4n) is 2.22. The summed E-state index contributed by atoms with van der Waals surface area (Å²) in [6.07, 6.45) is 1.46. The summed E-state index contributed by atoms with van der Waals surface area (Å²) in [7, 11) is 0. The highest BCUT2D eigenvalue weighted by Crippen LogP contribution is 2.21. The van der Waals surface area contributed by atoms with E-state index < -0.39 is 22.5 Å². The second-order valence-corrected chi connectivity index (χ2v) is 4.97. The van der Waals surface area contributed by atoms with Crippen molar-refractivity contribution < 1.29 is 18.5 Å². The Kier molecular flexibility index (Phi) is 3.90. The number of aromatic nitrogens is 2. The third-order valence-corrected chi connectivity index (χ3v) is 3.34. The van der Waals surface area contributed by atoms with Gasteiger partial charge in [-0.1, -0.05) is 0 Å². The van der Waals surface area contributed by atoms with Gasteiger partial charge in [-0.05, 0) is 18.2 Å². The molecule has 122 valence electrons. The van der Waals surface area contributed by atoms with Crippen LogP contribution in [0.4, 0.5) is 20.2 Å². The highest BCUT2D eigenvalue weighted by molar-refractivity contribution is 5.92. The number of amides is 1. The van der Waals surface area contributed by atoms with Crippen molar-refractivity contribution in [2.24, 2.45) is 0 Å². The molecule has 9 heteroatoms. The highest BCUT2D eigenvalue weighted by atomic mass is 19.1. The third kappa shape index (κ3) is 3.05. The van der Waals surface area contributed by atoms with Crippen molar-refractivity contribution in [1.82, 2.24) is 9.78 Å². The van der Waals surface area contributed by atoms with Crippen LogP contribution in [0.1, 0.15) is 0 Å². The average Bonchev–Trinajstić information content (AvgIpc) is 2.92. The number of fused-ring (bicyclic) bond motifs is 1. The van der Waals surface area contributed by atoms with E-state index in [4.69, 9.17) is 0 Å². The van der Waals surface area contributed by atoms with Gasteiger partial charge in [-0.25, -0.2) is 8.78 Å². The average molecular weight is 332 g/mol. The molecule has 0 bridgehead atoms. The number of benzene rings is 2. The van der Waals surface area contributed by atoms with Gasteiger partial charge in [0.15, 0.2) is 0 Å². The smallest absolute Gasteiger partial charge is 0.271 e. The fourth-order valence-corrected chi connectivity index (χ4v) is 2.22. The number of hydrogen-bond acceptors (Lipinski definition) is 4. The van der Waals surface area contributed by atoms with Gasteiger partial charge in [0.1, 0.15) is 18.2 Å². The molecule has 1 N–H and O–H groups in total. The van der Waals surface area contributed by atoms with Crippen LogP contribution in [0, 0.1) is 21.7 Å². The van der Waals surface area contributed by atoms with Crippen LogP contribution in [-0.4, -0.2) is 20.6 Å². The van der Waals surface area contributed by atoms with Crippen molar-refractivity contribution in [2.45, 2.75) is 6.54 Å². The summed E-state index contributed by atoms with van der Waals surface area (Å²) >= 11 is 0. The van der Waals surface area contributed by atoms with Crippen molar-refractivity contribution in [1.29, 1.82) is 0 Å². The third-order valence-electron chi connectivity index (χ3n) is 3.34. The normalized spacial score (nSPS) is 10.8. The summed E-state index contributed by atoms with van der Waals surface area (Å²) in [4.78, 5) is 22.3. The zero-order valence-corrected chi connectivity index (χ0v) is 12.1. The molecule has 3 aromatic rings. The van der Waals surface area contributed by atoms with Crippen molar-refractivity contribution in [2.75, 3.05) is 5.32 Å². The lowest BCUT2D eigenvalue weighted by Gasteiger charge is -2.07. The minimum Gasteiger partial charge on any atom is -0.322 e. The van der Waals surface area contributed by atoms with Crippen LogP contribution in [0.3, 0.4) is 0 Å². The summed E-state index contributed by atoms with van der Waals surface area (Å²) in [5, 5.41) is 17.8. The monoisotopic (exact) mass is 332 g/mol. The molecule has 0 aliphatic heterocycles. The molecule has 24 heavy (non-hydrogen) atoms. The summed E-state index contributed by atoms with van der Waals surface area (Å²) in [6, 6.07) is 6.94. The number of non-ortho nitro benzene ring substituents is 1. The van der Waals surface area contributed by atoms with E-state index in [1.807, 2.05) is 0 Å². The molecule has 0 atom stereocenters. The Bertz CT molecular complexity index is 955. The molecule has 0 aliphatic carbocycles. The van der Waals surface area contributed by atoms with Crippen LogP contribution < -0.4 is 5.32 Å². The maximum absolute atomic E-state index is 13.5. The molecular weight excluding hydrogens is 322 g/mol. The lowest BCUT2D eigenvalue weighted by molar-refractivity contribution is -0.384. The lowest BCUT2D eigenvalue weighted by Crippen LogP contribution is -2.20. The Labute approximate surface area is 133 Å². The molecule has 0 radical (unpaired) electrons. The van der Waals surface area contributed by atoms with Crippen LogP contribution in [0.5, 0.6) is 0 Å². The molecule has 1 amide bonds. The van der Waals surface area contributed by atoms with E-state index in [1.54, 1.807) is 0 Å². The van der Waals surface area contributed by atoms with Crippen molar-refractivity contribution in [3.8, 4) is 0 Å². The maximum atomic E-state index is 13.5. The van der Waals surface area contributed by atoms with E-state index in [1.165, 1.54) is 29.1 Å². The van der Waals surface area contributed by atoms with Crippen molar-refractivity contribution in [3.05, 3.63) is 64.3 Å². The van der Waals surface area contributed by atoms with Gasteiger partial charge in [-0.2, -0.15) is 5.10 Å². The zero-order chi connectivity index (χ0) is 17.3. The van der Waals surface area contributed by atoms with Gasteiger partial charge < -0.3 is 5.32 Å². The lowest BCUT2D eigenvalue weighted by atomic mass is 10.2. The molecule has 0 aliphatic rings. The number of nitro groups is 1. The van der Waals surface area contributed by atoms with E-state index in [2.05, 4.69) is 10.4 Å². The second kappa shape index (κ2) is 6.03. The Morgan fingerprint density at radius 3 is 2.75 bits per heavy atom. The highest BCUT2D eigenvalue weighted by Gasteiger charge is 2.13. The van der Waals surface area contributed by atoms with Crippen LogP contribution in [0.2, 0.25) is 0 Å². The van der Waals surface area contributed by atoms with E-state index in [0.717, 1.165) is 12.1 Å². The zero-order valence-electron chi connectivity index (χ0n) is 12.1. The number of rotatable bonds is 4. The molecule has 0 saturated heterocycles. The van der Waals surface area contributed by atoms with Gasteiger partial charge in [0, 0.05) is 23.6 Å². The molecule has 0 unspecified atom stereocenters. The molecule has 0 fully saturated rings. The number of nitrogens with one attached hydrogen (secondary N) is 1. The van der Waals surface area contributed by atoms with E-state index in [9.17, 15) is 23.7 Å². The number of nitro benzene ring substituents is 1. The Morgan fingerprint density at radius 1 is 1.25 bits per heavy atom. The molecule has 2 aromatic carbocycles. The van der Waals surface area contributed by atoms with Gasteiger partial charge >= 0.3 is 0 Å². The number of hydrogen-bond donors (Lipinski definition) is 1. The maximum Gasteiger partial charge on any atom is 0.271 e. The first kappa shape index (κ1) is 15.5. The molecule has 0 spiro atoms. The molecule has 0 saturated carbocycles. The van der Waals surface area contributed by atoms with Crippen LogP contribution in [0.15, 0.2) is 42.6 Å². The van der Waals surface area contributed by atoms with Gasteiger partial charge in [-0.15, -0.1) is 0 Å². The molecule has 7 nitrogen and oxygen atoms in total. The molecule has 1 heterocycles. The number of anilines is 1. The first-order valence-electron chi connectivity index (χ1n) is 6.79. The molecular formula is C15H10F2N4O3. The number of carbonyl (C=O) groups is 1. The SMILES string of the molecule is O=C(Cn1ncc2ccc([N+](=O)[O-])cc21)Nc1ccc(F)cc1F. The number of carbonyl (C=O) groups excluding carboxylic acids is 1. The Morgan fingerprint density at radius 2 is 2.04 bits per heavy atom. The van der Waals surface area contributed by atoms with E-state index in [0.29, 0.717) is 17.0 Å². The second-order valence-electron chi connectivity index (χ2n) is 4.97. The number of nitrogens with zero attached hydrogens (tertiary/aromatic N) is 3. The van der Waals surface area contributed by atoms with Crippen LogP contribution >= 0.6 is 0 Å². The van der Waals surface area contributed by atoms with Crippen molar-refractivity contribution in [3.63, 3.8) is 0 Å². The van der Waals surface area contributed by atoms with E-state index >= 15 is 0 Å². The molecule has 1 aromatic heterocycles. The van der Waals surface area contributed by atoms with Crippen molar-refractivity contribution >= 4 is 28.2 Å². The quantitative estimate of drug-likeness (QED) is 0.587. The summed E-state index contributed by atoms with van der Waals surface area (Å²) in [6.45, 7) is -0.276. The minimum absolute atomic E-state index is 0.130. The van der Waals surface area contributed by atoms with Gasteiger partial charge in [0.05, 0.1) is 22.3 Å². The summed E-state index contributed by atoms with van der Waals surface area (Å²) in [5.74, 6) is -2.25. The fraction of sp³-hybridized carbons (Fsp3) is 0.0667. The minimum atomic E-state index is -0.899. The topological polar surface area (TPSA) is 90.1 Å².